The summed E-state index contributed by atoms with van der Waals surface area (Å²) in [6, 6.07) is 8.49. The Morgan fingerprint density at radius 2 is 1.94 bits per heavy atom. The van der Waals surface area contributed by atoms with E-state index in [2.05, 4.69) is 10.6 Å². The minimum Gasteiger partial charge on any atom is -0.480 e. The van der Waals surface area contributed by atoms with Gasteiger partial charge in [0.1, 0.15) is 6.04 Å². The van der Waals surface area contributed by atoms with Crippen molar-refractivity contribution in [1.29, 1.82) is 0 Å². The van der Waals surface area contributed by atoms with Crippen molar-refractivity contribution in [1.82, 2.24) is 5.32 Å². The SMILES string of the molecule is C[C@@H](NCCC(=O)Nc1ccccc1)C(=O)O. The Morgan fingerprint density at radius 1 is 1.29 bits per heavy atom. The molecule has 3 N–H and O–H groups in total. The van der Waals surface area contributed by atoms with Crippen LogP contribution in [0.3, 0.4) is 0 Å². The van der Waals surface area contributed by atoms with Crippen LogP contribution in [0.4, 0.5) is 5.69 Å². The number of carboxylic acid groups (broad SMARTS) is 1. The highest BCUT2D eigenvalue weighted by Gasteiger charge is 2.10. The van der Waals surface area contributed by atoms with Crippen LogP contribution in [-0.4, -0.2) is 29.6 Å². The first-order valence-electron chi connectivity index (χ1n) is 5.40. The second-order valence-corrected chi connectivity index (χ2v) is 3.68. The number of anilines is 1. The van der Waals surface area contributed by atoms with Gasteiger partial charge >= 0.3 is 5.97 Å². The van der Waals surface area contributed by atoms with Crippen LogP contribution < -0.4 is 10.6 Å². The molecule has 0 saturated carbocycles. The lowest BCUT2D eigenvalue weighted by Crippen LogP contribution is -2.35. The van der Waals surface area contributed by atoms with E-state index in [0.717, 1.165) is 5.69 Å². The molecule has 1 rings (SSSR count). The Hall–Kier alpha value is -1.88. The normalized spacial score (nSPS) is 11.8. The fourth-order valence-corrected chi connectivity index (χ4v) is 1.23. The lowest BCUT2D eigenvalue weighted by molar-refractivity contribution is -0.139. The maximum absolute atomic E-state index is 11.5. The topological polar surface area (TPSA) is 78.4 Å². The Labute approximate surface area is 99.8 Å². The van der Waals surface area contributed by atoms with Crippen molar-refractivity contribution in [2.75, 3.05) is 11.9 Å². The van der Waals surface area contributed by atoms with Crippen LogP contribution in [0.2, 0.25) is 0 Å². The number of benzene rings is 1. The summed E-state index contributed by atoms with van der Waals surface area (Å²) in [7, 11) is 0. The zero-order chi connectivity index (χ0) is 12.7. The van der Waals surface area contributed by atoms with Gasteiger partial charge in [-0.15, -0.1) is 0 Å². The first-order valence-corrected chi connectivity index (χ1v) is 5.40. The van der Waals surface area contributed by atoms with Crippen LogP contribution in [0, 0.1) is 0 Å². The number of aliphatic carboxylic acids is 1. The average Bonchev–Trinajstić information content (AvgIpc) is 2.30. The molecule has 5 nitrogen and oxygen atoms in total. The zero-order valence-corrected chi connectivity index (χ0v) is 9.64. The molecule has 0 radical (unpaired) electrons. The van der Waals surface area contributed by atoms with Gasteiger partial charge in [0.25, 0.3) is 0 Å². The fourth-order valence-electron chi connectivity index (χ4n) is 1.23. The number of amides is 1. The van der Waals surface area contributed by atoms with E-state index in [1.54, 1.807) is 12.1 Å². The summed E-state index contributed by atoms with van der Waals surface area (Å²) in [6.45, 7) is 1.88. The number of carbonyl (C=O) groups excluding carboxylic acids is 1. The van der Waals surface area contributed by atoms with Crippen molar-refractivity contribution in [2.45, 2.75) is 19.4 Å². The first-order chi connectivity index (χ1) is 8.09. The van der Waals surface area contributed by atoms with Crippen molar-refractivity contribution in [3.8, 4) is 0 Å². The molecule has 1 atom stereocenters. The Kier molecular flexibility index (Phi) is 5.16. The highest BCUT2D eigenvalue weighted by atomic mass is 16.4. The Morgan fingerprint density at radius 3 is 2.53 bits per heavy atom. The predicted molar refractivity (Wildman–Crippen MR) is 64.8 cm³/mol. The maximum atomic E-state index is 11.5. The van der Waals surface area contributed by atoms with E-state index in [1.165, 1.54) is 6.92 Å². The predicted octanol–water partition coefficient (Wildman–Crippen LogP) is 1.08. The van der Waals surface area contributed by atoms with Crippen molar-refractivity contribution >= 4 is 17.6 Å². The van der Waals surface area contributed by atoms with Gasteiger partial charge in [0, 0.05) is 18.7 Å². The van der Waals surface area contributed by atoms with Crippen LogP contribution >= 0.6 is 0 Å². The molecule has 0 fully saturated rings. The number of carboxylic acids is 1. The molecule has 1 aromatic carbocycles. The summed E-state index contributed by atoms with van der Waals surface area (Å²) in [5.41, 5.74) is 0.740. The van der Waals surface area contributed by atoms with Crippen molar-refractivity contribution < 1.29 is 14.7 Å². The number of rotatable bonds is 6. The monoisotopic (exact) mass is 236 g/mol. The van der Waals surface area contributed by atoms with Crippen LogP contribution in [-0.2, 0) is 9.59 Å². The van der Waals surface area contributed by atoms with E-state index in [0.29, 0.717) is 6.54 Å². The van der Waals surface area contributed by atoms with Crippen LogP contribution in [0.1, 0.15) is 13.3 Å². The quantitative estimate of drug-likeness (QED) is 0.690. The van der Waals surface area contributed by atoms with Crippen LogP contribution in [0.15, 0.2) is 30.3 Å². The molecule has 5 heteroatoms. The van der Waals surface area contributed by atoms with Gasteiger partial charge in [0.05, 0.1) is 0 Å². The molecule has 1 aromatic rings. The molecule has 0 aliphatic carbocycles. The lowest BCUT2D eigenvalue weighted by atomic mass is 10.3. The number of nitrogens with one attached hydrogen (secondary N) is 2. The second kappa shape index (κ2) is 6.65. The van der Waals surface area contributed by atoms with Gasteiger partial charge < -0.3 is 15.7 Å². The third kappa shape index (κ3) is 5.12. The summed E-state index contributed by atoms with van der Waals surface area (Å²) in [6.07, 6.45) is 0.243. The van der Waals surface area contributed by atoms with Crippen LogP contribution in [0.25, 0.3) is 0 Å². The van der Waals surface area contributed by atoms with Crippen molar-refractivity contribution in [3.05, 3.63) is 30.3 Å². The summed E-state index contributed by atoms with van der Waals surface area (Å²) >= 11 is 0. The molecule has 0 aromatic heterocycles. The summed E-state index contributed by atoms with van der Waals surface area (Å²) in [5, 5.41) is 14.1. The van der Waals surface area contributed by atoms with Gasteiger partial charge in [-0.3, -0.25) is 9.59 Å². The van der Waals surface area contributed by atoms with Crippen LogP contribution in [0.5, 0.6) is 0 Å². The molecule has 0 heterocycles. The van der Waals surface area contributed by atoms with Gasteiger partial charge in [0.15, 0.2) is 0 Å². The standard InChI is InChI=1S/C12H16N2O3/c1-9(12(16)17)13-8-7-11(15)14-10-5-3-2-4-6-10/h2-6,9,13H,7-8H2,1H3,(H,14,15)(H,16,17)/t9-/m1/s1. The van der Waals surface area contributed by atoms with Gasteiger partial charge in [-0.25, -0.2) is 0 Å². The van der Waals surface area contributed by atoms with Gasteiger partial charge in [-0.05, 0) is 19.1 Å². The first kappa shape index (κ1) is 13.2. The van der Waals surface area contributed by atoms with Crippen molar-refractivity contribution in [2.24, 2.45) is 0 Å². The second-order valence-electron chi connectivity index (χ2n) is 3.68. The molecule has 0 unspecified atom stereocenters. The number of para-hydroxylation sites is 1. The number of hydrogen-bond donors (Lipinski definition) is 3. The number of hydrogen-bond acceptors (Lipinski definition) is 3. The van der Waals surface area contributed by atoms with E-state index in [4.69, 9.17) is 5.11 Å². The third-order valence-corrected chi connectivity index (χ3v) is 2.23. The molecule has 0 aliphatic rings. The molecule has 17 heavy (non-hydrogen) atoms. The molecular weight excluding hydrogens is 220 g/mol. The zero-order valence-electron chi connectivity index (χ0n) is 9.64. The van der Waals surface area contributed by atoms with Gasteiger partial charge in [-0.2, -0.15) is 0 Å². The molecule has 0 saturated heterocycles. The molecule has 0 bridgehead atoms. The summed E-state index contributed by atoms with van der Waals surface area (Å²) in [5.74, 6) is -1.06. The summed E-state index contributed by atoms with van der Waals surface area (Å²) < 4.78 is 0. The molecule has 0 spiro atoms. The minimum absolute atomic E-state index is 0.138. The third-order valence-electron chi connectivity index (χ3n) is 2.23. The fraction of sp³-hybridized carbons (Fsp3) is 0.333. The van der Waals surface area contributed by atoms with E-state index in [9.17, 15) is 9.59 Å². The Balaban J connectivity index is 2.25. The van der Waals surface area contributed by atoms with E-state index >= 15 is 0 Å². The van der Waals surface area contributed by atoms with E-state index in [-0.39, 0.29) is 12.3 Å². The van der Waals surface area contributed by atoms with E-state index < -0.39 is 12.0 Å². The molecular formula is C12H16N2O3. The van der Waals surface area contributed by atoms with Gasteiger partial charge in [-0.1, -0.05) is 18.2 Å². The number of carbonyl (C=O) groups is 2. The summed E-state index contributed by atoms with van der Waals surface area (Å²) in [4.78, 5) is 22.0. The molecule has 1 amide bonds. The minimum atomic E-state index is -0.923. The van der Waals surface area contributed by atoms with E-state index in [1.807, 2.05) is 18.2 Å². The highest BCUT2D eigenvalue weighted by molar-refractivity contribution is 5.90. The smallest absolute Gasteiger partial charge is 0.320 e. The molecule has 0 aliphatic heterocycles. The lowest BCUT2D eigenvalue weighted by Gasteiger charge is -2.09. The Bertz CT molecular complexity index is 379. The molecule has 92 valence electrons. The van der Waals surface area contributed by atoms with Crippen molar-refractivity contribution in [3.63, 3.8) is 0 Å². The largest absolute Gasteiger partial charge is 0.480 e. The maximum Gasteiger partial charge on any atom is 0.320 e. The highest BCUT2D eigenvalue weighted by Crippen LogP contribution is 2.04. The van der Waals surface area contributed by atoms with Gasteiger partial charge in [0.2, 0.25) is 5.91 Å². The average molecular weight is 236 g/mol.